The lowest BCUT2D eigenvalue weighted by molar-refractivity contribution is 0.702. The highest BCUT2D eigenvalue weighted by Gasteiger charge is 2.12. The van der Waals surface area contributed by atoms with Gasteiger partial charge in [-0.25, -0.2) is 4.79 Å². The number of rotatable bonds is 3. The van der Waals surface area contributed by atoms with Gasteiger partial charge in [0.2, 0.25) is 0 Å². The van der Waals surface area contributed by atoms with E-state index in [-0.39, 0.29) is 17.2 Å². The van der Waals surface area contributed by atoms with Crippen molar-refractivity contribution in [1.29, 1.82) is 0 Å². The molecule has 1 unspecified atom stereocenters. The van der Waals surface area contributed by atoms with Crippen LogP contribution in [0.15, 0.2) is 46.0 Å². The molecule has 2 heterocycles. The minimum atomic E-state index is -0.421. The van der Waals surface area contributed by atoms with Crippen molar-refractivity contribution in [3.8, 4) is 0 Å². The molecular formula is C16H17N5O2. The minimum absolute atomic E-state index is 0.0133. The standard InChI is InChI=1S/C16H17N5O2/c1-10(11-7-5-4-6-8-11)17-13-9-12-14(19-18-13)20(2)16(23)21(3)15(12)22/h4-10H,1-3H3,(H,17,18). The predicted octanol–water partition coefficient (Wildman–Crippen LogP) is 1.20. The Balaban J connectivity index is 2.04. The maximum absolute atomic E-state index is 12.3. The first-order chi connectivity index (χ1) is 11.0. The third kappa shape index (κ3) is 2.61. The monoisotopic (exact) mass is 311 g/mol. The van der Waals surface area contributed by atoms with E-state index in [4.69, 9.17) is 0 Å². The van der Waals surface area contributed by atoms with Crippen molar-refractivity contribution in [2.45, 2.75) is 13.0 Å². The first-order valence-corrected chi connectivity index (χ1v) is 7.24. The average molecular weight is 311 g/mol. The SMILES string of the molecule is CC(Nc1cc2c(=O)n(C)c(=O)n(C)c2nn1)c1ccccc1. The normalized spacial score (nSPS) is 12.3. The fourth-order valence-electron chi connectivity index (χ4n) is 2.49. The summed E-state index contributed by atoms with van der Waals surface area (Å²) in [5, 5.41) is 11.7. The third-order valence-corrected chi connectivity index (χ3v) is 3.86. The van der Waals surface area contributed by atoms with Crippen molar-refractivity contribution < 1.29 is 0 Å². The first-order valence-electron chi connectivity index (χ1n) is 7.24. The van der Waals surface area contributed by atoms with E-state index in [1.807, 2.05) is 37.3 Å². The van der Waals surface area contributed by atoms with Gasteiger partial charge in [0.25, 0.3) is 5.56 Å². The van der Waals surface area contributed by atoms with Crippen LogP contribution in [0.3, 0.4) is 0 Å². The zero-order chi connectivity index (χ0) is 16.6. The van der Waals surface area contributed by atoms with Gasteiger partial charge in [-0.3, -0.25) is 13.9 Å². The number of anilines is 1. The molecule has 0 bridgehead atoms. The number of nitrogens with one attached hydrogen (secondary N) is 1. The second-order valence-corrected chi connectivity index (χ2v) is 5.45. The van der Waals surface area contributed by atoms with E-state index in [1.54, 1.807) is 13.1 Å². The fourth-order valence-corrected chi connectivity index (χ4v) is 2.49. The van der Waals surface area contributed by atoms with E-state index in [2.05, 4.69) is 15.5 Å². The van der Waals surface area contributed by atoms with Crippen LogP contribution in [-0.2, 0) is 14.1 Å². The number of nitrogens with zero attached hydrogens (tertiary/aromatic N) is 4. The molecule has 0 aliphatic carbocycles. The lowest BCUT2D eigenvalue weighted by Gasteiger charge is -2.15. The first kappa shape index (κ1) is 15.0. The molecule has 118 valence electrons. The Labute approximate surface area is 132 Å². The Hall–Kier alpha value is -2.96. The van der Waals surface area contributed by atoms with Gasteiger partial charge in [0.05, 0.1) is 5.39 Å². The molecule has 1 atom stereocenters. The zero-order valence-electron chi connectivity index (χ0n) is 13.1. The van der Waals surface area contributed by atoms with Crippen molar-refractivity contribution in [1.82, 2.24) is 19.3 Å². The Morgan fingerprint density at radius 2 is 1.74 bits per heavy atom. The molecule has 0 saturated heterocycles. The Kier molecular flexibility index (Phi) is 3.69. The molecule has 7 nitrogen and oxygen atoms in total. The van der Waals surface area contributed by atoms with Crippen molar-refractivity contribution in [3.63, 3.8) is 0 Å². The van der Waals surface area contributed by atoms with Gasteiger partial charge < -0.3 is 5.32 Å². The molecule has 2 aromatic heterocycles. The van der Waals surface area contributed by atoms with Crippen LogP contribution in [0.25, 0.3) is 11.0 Å². The van der Waals surface area contributed by atoms with Gasteiger partial charge in [-0.1, -0.05) is 30.3 Å². The van der Waals surface area contributed by atoms with Crippen LogP contribution in [0, 0.1) is 0 Å². The minimum Gasteiger partial charge on any atom is -0.362 e. The number of benzene rings is 1. The van der Waals surface area contributed by atoms with Crippen molar-refractivity contribution in [3.05, 3.63) is 62.8 Å². The zero-order valence-corrected chi connectivity index (χ0v) is 13.1. The summed E-state index contributed by atoms with van der Waals surface area (Å²) < 4.78 is 2.38. The molecule has 0 amide bonds. The smallest absolute Gasteiger partial charge is 0.332 e. The van der Waals surface area contributed by atoms with E-state index >= 15 is 0 Å². The van der Waals surface area contributed by atoms with Crippen LogP contribution in [0.4, 0.5) is 5.82 Å². The summed E-state index contributed by atoms with van der Waals surface area (Å²) in [6, 6.07) is 11.5. The van der Waals surface area contributed by atoms with Crippen molar-refractivity contribution in [2.75, 3.05) is 5.32 Å². The van der Waals surface area contributed by atoms with Crippen LogP contribution >= 0.6 is 0 Å². The summed E-state index contributed by atoms with van der Waals surface area (Å²) in [4.78, 5) is 24.2. The number of hydrogen-bond acceptors (Lipinski definition) is 5. The highest BCUT2D eigenvalue weighted by atomic mass is 16.2. The quantitative estimate of drug-likeness (QED) is 0.786. The Bertz CT molecular complexity index is 975. The molecule has 0 aliphatic heterocycles. The number of fused-ring (bicyclic) bond motifs is 1. The molecule has 0 saturated carbocycles. The molecule has 3 aromatic rings. The molecule has 23 heavy (non-hydrogen) atoms. The second-order valence-electron chi connectivity index (χ2n) is 5.45. The van der Waals surface area contributed by atoms with Gasteiger partial charge in [-0.05, 0) is 18.6 Å². The van der Waals surface area contributed by atoms with Crippen LogP contribution < -0.4 is 16.6 Å². The summed E-state index contributed by atoms with van der Waals surface area (Å²) >= 11 is 0. The molecule has 1 N–H and O–H groups in total. The third-order valence-electron chi connectivity index (χ3n) is 3.86. The van der Waals surface area contributed by atoms with Crippen LogP contribution in [0.1, 0.15) is 18.5 Å². The molecule has 7 heteroatoms. The van der Waals surface area contributed by atoms with Crippen molar-refractivity contribution in [2.24, 2.45) is 14.1 Å². The van der Waals surface area contributed by atoms with E-state index in [1.165, 1.54) is 11.6 Å². The number of hydrogen-bond donors (Lipinski definition) is 1. The van der Waals surface area contributed by atoms with Gasteiger partial charge in [-0.2, -0.15) is 0 Å². The highest BCUT2D eigenvalue weighted by molar-refractivity contribution is 5.76. The number of aromatic nitrogens is 4. The van der Waals surface area contributed by atoms with Gasteiger partial charge in [-0.15, -0.1) is 10.2 Å². The molecule has 0 spiro atoms. The summed E-state index contributed by atoms with van der Waals surface area (Å²) in [5.41, 5.74) is 0.572. The van der Waals surface area contributed by atoms with E-state index in [0.29, 0.717) is 11.2 Å². The maximum atomic E-state index is 12.3. The topological polar surface area (TPSA) is 81.8 Å². The van der Waals surface area contributed by atoms with Gasteiger partial charge in [0, 0.05) is 20.1 Å². The molecule has 0 fully saturated rings. The fraction of sp³-hybridized carbons (Fsp3) is 0.250. The molecule has 0 radical (unpaired) electrons. The largest absolute Gasteiger partial charge is 0.362 e. The summed E-state index contributed by atoms with van der Waals surface area (Å²) in [7, 11) is 3.02. The van der Waals surface area contributed by atoms with E-state index in [0.717, 1.165) is 10.1 Å². The van der Waals surface area contributed by atoms with Gasteiger partial charge in [0.15, 0.2) is 5.65 Å². The predicted molar refractivity (Wildman–Crippen MR) is 88.5 cm³/mol. The summed E-state index contributed by atoms with van der Waals surface area (Å²) in [6.45, 7) is 2.00. The lowest BCUT2D eigenvalue weighted by atomic mass is 10.1. The summed E-state index contributed by atoms with van der Waals surface area (Å²) in [6.07, 6.45) is 0. The molecule has 1 aromatic carbocycles. The van der Waals surface area contributed by atoms with E-state index in [9.17, 15) is 9.59 Å². The molecule has 0 aliphatic rings. The van der Waals surface area contributed by atoms with Crippen LogP contribution in [0.5, 0.6) is 0 Å². The van der Waals surface area contributed by atoms with Gasteiger partial charge in [0.1, 0.15) is 5.82 Å². The highest BCUT2D eigenvalue weighted by Crippen LogP contribution is 2.18. The Morgan fingerprint density at radius 3 is 2.43 bits per heavy atom. The molecular weight excluding hydrogens is 294 g/mol. The number of aryl methyl sites for hydroxylation is 1. The van der Waals surface area contributed by atoms with Gasteiger partial charge >= 0.3 is 5.69 Å². The second kappa shape index (κ2) is 5.68. The maximum Gasteiger partial charge on any atom is 0.332 e. The lowest BCUT2D eigenvalue weighted by Crippen LogP contribution is -2.37. The molecule has 3 rings (SSSR count). The summed E-state index contributed by atoms with van der Waals surface area (Å²) in [5.74, 6) is 0.490. The van der Waals surface area contributed by atoms with E-state index < -0.39 is 5.69 Å². The van der Waals surface area contributed by atoms with Crippen molar-refractivity contribution >= 4 is 16.9 Å². The average Bonchev–Trinajstić information content (AvgIpc) is 2.58. The van der Waals surface area contributed by atoms with Crippen LogP contribution in [-0.4, -0.2) is 19.3 Å². The van der Waals surface area contributed by atoms with Crippen LogP contribution in [0.2, 0.25) is 0 Å². The Morgan fingerprint density at radius 1 is 1.04 bits per heavy atom.